The van der Waals surface area contributed by atoms with Crippen LogP contribution in [-0.2, 0) is 13.0 Å². The Morgan fingerprint density at radius 3 is 2.52 bits per heavy atom. The Hall–Kier alpha value is -2.89. The quantitative estimate of drug-likeness (QED) is 0.732. The summed E-state index contributed by atoms with van der Waals surface area (Å²) in [7, 11) is 3.27. The molecule has 0 bridgehead atoms. The van der Waals surface area contributed by atoms with Crippen LogP contribution in [0.15, 0.2) is 36.7 Å². The summed E-state index contributed by atoms with van der Waals surface area (Å²) in [6.07, 6.45) is 2.39. The van der Waals surface area contributed by atoms with E-state index >= 15 is 0 Å². The smallest absolute Gasteiger partial charge is 0.161 e. The minimum absolute atomic E-state index is 0.285. The highest BCUT2D eigenvalue weighted by Gasteiger charge is 2.22. The van der Waals surface area contributed by atoms with Gasteiger partial charge in [-0.25, -0.2) is 14.4 Å². The van der Waals surface area contributed by atoms with Crippen molar-refractivity contribution in [1.29, 1.82) is 0 Å². The third-order valence-electron chi connectivity index (χ3n) is 4.59. The average Bonchev–Trinajstić information content (AvgIpc) is 2.65. The number of fused-ring (bicyclic) bond motifs is 2. The number of methoxy groups -OCH3 is 2. The van der Waals surface area contributed by atoms with Crippen LogP contribution < -0.4 is 14.4 Å². The Bertz CT molecular complexity index is 945. The van der Waals surface area contributed by atoms with Crippen molar-refractivity contribution in [2.24, 2.45) is 0 Å². The molecule has 5 nitrogen and oxygen atoms in total. The highest BCUT2D eigenvalue weighted by atomic mass is 19.1. The molecule has 6 heteroatoms. The molecule has 0 fully saturated rings. The van der Waals surface area contributed by atoms with E-state index < -0.39 is 0 Å². The zero-order valence-corrected chi connectivity index (χ0v) is 14.1. The lowest BCUT2D eigenvalue weighted by molar-refractivity contribution is 0.353. The number of hydrogen-bond acceptors (Lipinski definition) is 5. The van der Waals surface area contributed by atoms with Crippen molar-refractivity contribution in [3.63, 3.8) is 0 Å². The van der Waals surface area contributed by atoms with E-state index in [0.29, 0.717) is 12.3 Å². The zero-order valence-electron chi connectivity index (χ0n) is 14.1. The summed E-state index contributed by atoms with van der Waals surface area (Å²) in [6.45, 7) is 1.48. The highest BCUT2D eigenvalue weighted by Crippen LogP contribution is 2.35. The Balaban J connectivity index is 1.75. The monoisotopic (exact) mass is 339 g/mol. The molecule has 0 saturated carbocycles. The zero-order chi connectivity index (χ0) is 17.4. The molecule has 1 aliphatic heterocycles. The van der Waals surface area contributed by atoms with Gasteiger partial charge < -0.3 is 14.4 Å². The second-order valence-corrected chi connectivity index (χ2v) is 6.01. The molecule has 2 heterocycles. The number of rotatable bonds is 3. The molecule has 3 aromatic rings. The lowest BCUT2D eigenvalue weighted by Gasteiger charge is -2.31. The first kappa shape index (κ1) is 15.6. The molecule has 0 amide bonds. The Kier molecular flexibility index (Phi) is 3.87. The number of halogens is 1. The Labute approximate surface area is 145 Å². The van der Waals surface area contributed by atoms with E-state index in [-0.39, 0.29) is 5.82 Å². The molecular weight excluding hydrogens is 321 g/mol. The average molecular weight is 339 g/mol. The fourth-order valence-electron chi connectivity index (χ4n) is 3.33. The van der Waals surface area contributed by atoms with Crippen LogP contribution in [0.1, 0.15) is 11.1 Å². The lowest BCUT2D eigenvalue weighted by atomic mass is 9.98. The molecule has 128 valence electrons. The molecule has 25 heavy (non-hydrogen) atoms. The van der Waals surface area contributed by atoms with Gasteiger partial charge in [0.15, 0.2) is 11.5 Å². The van der Waals surface area contributed by atoms with Crippen molar-refractivity contribution in [1.82, 2.24) is 9.97 Å². The molecule has 0 radical (unpaired) electrons. The molecule has 0 unspecified atom stereocenters. The summed E-state index contributed by atoms with van der Waals surface area (Å²) in [4.78, 5) is 10.8. The van der Waals surface area contributed by atoms with Gasteiger partial charge in [-0.1, -0.05) is 0 Å². The molecule has 1 aliphatic rings. The molecule has 0 atom stereocenters. The fourth-order valence-corrected chi connectivity index (χ4v) is 3.33. The first-order valence-corrected chi connectivity index (χ1v) is 8.08. The molecule has 0 saturated heterocycles. The molecular formula is C19H18FN3O2. The topological polar surface area (TPSA) is 47.5 Å². The van der Waals surface area contributed by atoms with E-state index in [1.54, 1.807) is 20.3 Å². The summed E-state index contributed by atoms with van der Waals surface area (Å²) in [5, 5.41) is 0.728. The van der Waals surface area contributed by atoms with E-state index in [1.807, 2.05) is 12.1 Å². The standard InChI is InChI=1S/C19H18FN3O2/c1-24-17-7-12-5-6-23(10-13(12)8-18(17)25-2)19-15-9-14(20)3-4-16(15)21-11-22-19/h3-4,7-9,11H,5-6,10H2,1-2H3. The number of benzene rings is 2. The third-order valence-corrected chi connectivity index (χ3v) is 4.59. The number of ether oxygens (including phenoxy) is 2. The third kappa shape index (κ3) is 2.73. The van der Waals surface area contributed by atoms with Crippen LogP contribution in [0, 0.1) is 5.82 Å². The fraction of sp³-hybridized carbons (Fsp3) is 0.263. The normalized spacial score (nSPS) is 13.6. The van der Waals surface area contributed by atoms with Crippen LogP contribution in [-0.4, -0.2) is 30.7 Å². The van der Waals surface area contributed by atoms with Crippen LogP contribution in [0.25, 0.3) is 10.9 Å². The largest absolute Gasteiger partial charge is 0.493 e. The number of aromatic nitrogens is 2. The van der Waals surface area contributed by atoms with Crippen molar-refractivity contribution >= 4 is 16.7 Å². The van der Waals surface area contributed by atoms with Gasteiger partial charge in [-0.2, -0.15) is 0 Å². The van der Waals surface area contributed by atoms with Crippen molar-refractivity contribution < 1.29 is 13.9 Å². The van der Waals surface area contributed by atoms with Gasteiger partial charge in [-0.15, -0.1) is 0 Å². The molecule has 0 aliphatic carbocycles. The molecule has 4 rings (SSSR count). The molecule has 0 spiro atoms. The minimum atomic E-state index is -0.285. The number of hydrogen-bond donors (Lipinski definition) is 0. The van der Waals surface area contributed by atoms with Gasteiger partial charge in [0, 0.05) is 18.5 Å². The van der Waals surface area contributed by atoms with Gasteiger partial charge in [-0.3, -0.25) is 0 Å². The van der Waals surface area contributed by atoms with Gasteiger partial charge in [0.25, 0.3) is 0 Å². The second-order valence-electron chi connectivity index (χ2n) is 6.01. The SMILES string of the molecule is COc1cc2c(cc1OC)CN(c1ncnc3ccc(F)cc13)CC2. The van der Waals surface area contributed by atoms with Crippen molar-refractivity contribution in [3.05, 3.63) is 53.6 Å². The van der Waals surface area contributed by atoms with Crippen molar-refractivity contribution in [3.8, 4) is 11.5 Å². The predicted octanol–water partition coefficient (Wildman–Crippen LogP) is 3.35. The number of nitrogens with zero attached hydrogens (tertiary/aromatic N) is 3. The summed E-state index contributed by atoms with van der Waals surface area (Å²) < 4.78 is 24.5. The van der Waals surface area contributed by atoms with Crippen LogP contribution in [0.4, 0.5) is 10.2 Å². The van der Waals surface area contributed by atoms with E-state index in [0.717, 1.165) is 41.0 Å². The second kappa shape index (κ2) is 6.20. The van der Waals surface area contributed by atoms with E-state index in [9.17, 15) is 4.39 Å². The van der Waals surface area contributed by atoms with Gasteiger partial charge in [0.05, 0.1) is 19.7 Å². The maximum Gasteiger partial charge on any atom is 0.161 e. The first-order chi connectivity index (χ1) is 12.2. The van der Waals surface area contributed by atoms with Crippen LogP contribution in [0.5, 0.6) is 11.5 Å². The summed E-state index contributed by atoms with van der Waals surface area (Å²) in [5.41, 5.74) is 3.13. The maximum atomic E-state index is 13.7. The highest BCUT2D eigenvalue weighted by molar-refractivity contribution is 5.89. The lowest BCUT2D eigenvalue weighted by Crippen LogP contribution is -2.31. The molecule has 0 N–H and O–H groups in total. The van der Waals surface area contributed by atoms with Crippen molar-refractivity contribution in [2.45, 2.75) is 13.0 Å². The maximum absolute atomic E-state index is 13.7. The minimum Gasteiger partial charge on any atom is -0.493 e. The van der Waals surface area contributed by atoms with E-state index in [4.69, 9.17) is 9.47 Å². The van der Waals surface area contributed by atoms with Crippen LogP contribution in [0.2, 0.25) is 0 Å². The van der Waals surface area contributed by atoms with E-state index in [2.05, 4.69) is 14.9 Å². The summed E-state index contributed by atoms with van der Waals surface area (Å²) in [6, 6.07) is 8.63. The number of anilines is 1. The van der Waals surface area contributed by atoms with Crippen LogP contribution in [0.3, 0.4) is 0 Å². The first-order valence-electron chi connectivity index (χ1n) is 8.08. The Morgan fingerprint density at radius 2 is 1.76 bits per heavy atom. The molecule has 1 aromatic heterocycles. The van der Waals surface area contributed by atoms with Gasteiger partial charge in [-0.05, 0) is 47.9 Å². The van der Waals surface area contributed by atoms with Crippen molar-refractivity contribution in [2.75, 3.05) is 25.7 Å². The molecule has 2 aromatic carbocycles. The van der Waals surface area contributed by atoms with Gasteiger partial charge >= 0.3 is 0 Å². The summed E-state index contributed by atoms with van der Waals surface area (Å²) in [5.74, 6) is 1.92. The van der Waals surface area contributed by atoms with E-state index in [1.165, 1.54) is 24.0 Å². The predicted molar refractivity (Wildman–Crippen MR) is 93.8 cm³/mol. The summed E-state index contributed by atoms with van der Waals surface area (Å²) >= 11 is 0. The van der Waals surface area contributed by atoms with Gasteiger partial charge in [0.2, 0.25) is 0 Å². The van der Waals surface area contributed by atoms with Gasteiger partial charge in [0.1, 0.15) is 18.0 Å². The Morgan fingerprint density at radius 1 is 1.00 bits per heavy atom. The van der Waals surface area contributed by atoms with Crippen LogP contribution >= 0.6 is 0 Å².